The first kappa shape index (κ1) is 10.0. The van der Waals surface area contributed by atoms with Crippen LogP contribution >= 0.6 is 0 Å². The number of aliphatic imine (C=N–C) groups is 1. The molecular weight excluding hydrogens is 172 g/mol. The fourth-order valence-electron chi connectivity index (χ4n) is 2.56. The first-order chi connectivity index (χ1) is 6.86. The number of rotatable bonds is 1. The molecule has 0 bridgehead atoms. The molecule has 1 heterocycles. The lowest BCUT2D eigenvalue weighted by molar-refractivity contribution is 0.307. The number of nitrogens with one attached hydrogen (secondary N) is 1. The van der Waals surface area contributed by atoms with E-state index in [9.17, 15) is 0 Å². The Labute approximate surface area is 87.2 Å². The zero-order valence-electron chi connectivity index (χ0n) is 9.26. The molecule has 1 N–H and O–H groups in total. The van der Waals surface area contributed by atoms with Gasteiger partial charge in [0.15, 0.2) is 0 Å². The molecule has 1 saturated carbocycles. The van der Waals surface area contributed by atoms with Gasteiger partial charge in [0.05, 0.1) is 5.84 Å². The van der Waals surface area contributed by atoms with Crippen LogP contribution in [0.25, 0.3) is 0 Å². The molecule has 0 aromatic heterocycles. The van der Waals surface area contributed by atoms with Crippen molar-refractivity contribution in [1.29, 1.82) is 0 Å². The van der Waals surface area contributed by atoms with Gasteiger partial charge in [0.2, 0.25) is 0 Å². The van der Waals surface area contributed by atoms with Gasteiger partial charge in [-0.1, -0.05) is 19.8 Å². The molecule has 2 rings (SSSR count). The largest absolute Gasteiger partial charge is 0.371 e. The second kappa shape index (κ2) is 4.81. The first-order valence-corrected chi connectivity index (χ1v) is 6.16. The highest BCUT2D eigenvalue weighted by Crippen LogP contribution is 2.24. The Hall–Kier alpha value is -0.530. The number of hydrogen-bond acceptors (Lipinski definition) is 2. The van der Waals surface area contributed by atoms with Gasteiger partial charge in [-0.2, -0.15) is 0 Å². The minimum absolute atomic E-state index is 0.709. The van der Waals surface area contributed by atoms with Crippen molar-refractivity contribution in [2.75, 3.05) is 6.54 Å². The molecule has 0 aromatic rings. The van der Waals surface area contributed by atoms with E-state index in [4.69, 9.17) is 0 Å². The summed E-state index contributed by atoms with van der Waals surface area (Å²) in [4.78, 5) is 4.56. The minimum Gasteiger partial charge on any atom is -0.371 e. The van der Waals surface area contributed by atoms with Crippen molar-refractivity contribution in [2.24, 2.45) is 10.9 Å². The molecule has 2 unspecified atom stereocenters. The summed E-state index contributed by atoms with van der Waals surface area (Å²) in [6, 6.07) is 0.709. The Bertz CT molecular complexity index is 210. The third-order valence-electron chi connectivity index (χ3n) is 3.59. The van der Waals surface area contributed by atoms with Gasteiger partial charge in [0.1, 0.15) is 0 Å². The van der Waals surface area contributed by atoms with Crippen molar-refractivity contribution in [2.45, 2.75) is 57.9 Å². The third-order valence-corrected chi connectivity index (χ3v) is 3.59. The molecule has 2 heteroatoms. The van der Waals surface area contributed by atoms with E-state index >= 15 is 0 Å². The van der Waals surface area contributed by atoms with Crippen LogP contribution in [0.5, 0.6) is 0 Å². The summed E-state index contributed by atoms with van der Waals surface area (Å²) < 4.78 is 0. The second-order valence-electron chi connectivity index (χ2n) is 4.80. The number of hydrogen-bond donors (Lipinski definition) is 1. The summed E-state index contributed by atoms with van der Waals surface area (Å²) in [5, 5.41) is 3.66. The standard InChI is InChI=1S/C12H22N2/c1-10-6-2-3-7-11(10)14-12-8-4-5-9-13-12/h10-11H,2-9H2,1H3,(H,13,14). The van der Waals surface area contributed by atoms with Crippen molar-refractivity contribution in [1.82, 2.24) is 5.32 Å². The normalized spacial score (nSPS) is 33.6. The molecular formula is C12H22N2. The van der Waals surface area contributed by atoms with Crippen LogP contribution < -0.4 is 5.32 Å². The average molecular weight is 194 g/mol. The van der Waals surface area contributed by atoms with Crippen LogP contribution in [0.3, 0.4) is 0 Å². The van der Waals surface area contributed by atoms with Crippen molar-refractivity contribution in [3.05, 3.63) is 0 Å². The van der Waals surface area contributed by atoms with E-state index in [2.05, 4.69) is 17.2 Å². The average Bonchev–Trinajstić information content (AvgIpc) is 2.23. The van der Waals surface area contributed by atoms with Crippen molar-refractivity contribution in [3.63, 3.8) is 0 Å². The maximum Gasteiger partial charge on any atom is 0.0965 e. The highest BCUT2D eigenvalue weighted by Gasteiger charge is 2.22. The number of nitrogens with zero attached hydrogens (tertiary/aromatic N) is 1. The van der Waals surface area contributed by atoms with Crippen LogP contribution in [0, 0.1) is 5.92 Å². The SMILES string of the molecule is CC1CCCCC1NC1=NCCCC1. The van der Waals surface area contributed by atoms with Gasteiger partial charge >= 0.3 is 0 Å². The second-order valence-corrected chi connectivity index (χ2v) is 4.80. The van der Waals surface area contributed by atoms with Crippen LogP contribution in [0.4, 0.5) is 0 Å². The fraction of sp³-hybridized carbons (Fsp3) is 0.917. The van der Waals surface area contributed by atoms with Crippen LogP contribution in [0.2, 0.25) is 0 Å². The highest BCUT2D eigenvalue weighted by atomic mass is 15.0. The Balaban J connectivity index is 1.85. The van der Waals surface area contributed by atoms with E-state index < -0.39 is 0 Å². The molecule has 2 atom stereocenters. The zero-order chi connectivity index (χ0) is 9.80. The zero-order valence-corrected chi connectivity index (χ0v) is 9.26. The Morgan fingerprint density at radius 3 is 2.71 bits per heavy atom. The lowest BCUT2D eigenvalue weighted by Gasteiger charge is -2.31. The Morgan fingerprint density at radius 1 is 1.14 bits per heavy atom. The van der Waals surface area contributed by atoms with Crippen molar-refractivity contribution in [3.8, 4) is 0 Å². The van der Waals surface area contributed by atoms with Crippen LogP contribution in [-0.2, 0) is 0 Å². The lowest BCUT2D eigenvalue weighted by atomic mass is 9.86. The van der Waals surface area contributed by atoms with E-state index in [-0.39, 0.29) is 0 Å². The number of amidine groups is 1. The predicted octanol–water partition coefficient (Wildman–Crippen LogP) is 2.74. The van der Waals surface area contributed by atoms with Crippen molar-refractivity contribution < 1.29 is 0 Å². The third kappa shape index (κ3) is 2.49. The fourth-order valence-corrected chi connectivity index (χ4v) is 2.56. The van der Waals surface area contributed by atoms with E-state index in [1.54, 1.807) is 0 Å². The molecule has 0 saturated heterocycles. The minimum atomic E-state index is 0.709. The monoisotopic (exact) mass is 194 g/mol. The smallest absolute Gasteiger partial charge is 0.0965 e. The summed E-state index contributed by atoms with van der Waals surface area (Å²) in [5.41, 5.74) is 0. The molecule has 2 nitrogen and oxygen atoms in total. The van der Waals surface area contributed by atoms with Gasteiger partial charge < -0.3 is 5.32 Å². The molecule has 80 valence electrons. The summed E-state index contributed by atoms with van der Waals surface area (Å²) in [6.07, 6.45) is 9.35. The Morgan fingerprint density at radius 2 is 2.00 bits per heavy atom. The quantitative estimate of drug-likeness (QED) is 0.682. The van der Waals surface area contributed by atoms with Gasteiger partial charge in [-0.3, -0.25) is 4.99 Å². The van der Waals surface area contributed by atoms with E-state index in [0.717, 1.165) is 12.5 Å². The van der Waals surface area contributed by atoms with Gasteiger partial charge in [-0.15, -0.1) is 0 Å². The van der Waals surface area contributed by atoms with Crippen LogP contribution in [0.15, 0.2) is 4.99 Å². The van der Waals surface area contributed by atoms with Crippen molar-refractivity contribution >= 4 is 5.84 Å². The molecule has 0 aromatic carbocycles. The molecule has 0 radical (unpaired) electrons. The lowest BCUT2D eigenvalue weighted by Crippen LogP contribution is -2.41. The maximum absolute atomic E-state index is 4.56. The van der Waals surface area contributed by atoms with E-state index in [1.165, 1.54) is 50.8 Å². The molecule has 2 aliphatic rings. The highest BCUT2D eigenvalue weighted by molar-refractivity contribution is 5.82. The van der Waals surface area contributed by atoms with Crippen LogP contribution in [0.1, 0.15) is 51.9 Å². The molecule has 14 heavy (non-hydrogen) atoms. The molecule has 0 amide bonds. The first-order valence-electron chi connectivity index (χ1n) is 6.16. The maximum atomic E-state index is 4.56. The predicted molar refractivity (Wildman–Crippen MR) is 60.7 cm³/mol. The van der Waals surface area contributed by atoms with Gasteiger partial charge in [0.25, 0.3) is 0 Å². The van der Waals surface area contributed by atoms with E-state index in [0.29, 0.717) is 6.04 Å². The molecule has 1 aliphatic heterocycles. The topological polar surface area (TPSA) is 24.4 Å². The molecule has 0 spiro atoms. The summed E-state index contributed by atoms with van der Waals surface area (Å²) in [5.74, 6) is 2.13. The van der Waals surface area contributed by atoms with Gasteiger partial charge in [-0.25, -0.2) is 0 Å². The molecule has 1 fully saturated rings. The van der Waals surface area contributed by atoms with E-state index in [1.807, 2.05) is 0 Å². The van der Waals surface area contributed by atoms with Gasteiger partial charge in [-0.05, 0) is 31.6 Å². The molecule has 1 aliphatic carbocycles. The van der Waals surface area contributed by atoms with Gasteiger partial charge in [0, 0.05) is 19.0 Å². The summed E-state index contributed by atoms with van der Waals surface area (Å²) >= 11 is 0. The Kier molecular flexibility index (Phi) is 3.44. The summed E-state index contributed by atoms with van der Waals surface area (Å²) in [6.45, 7) is 3.42. The van der Waals surface area contributed by atoms with Crippen LogP contribution in [-0.4, -0.2) is 18.4 Å². The summed E-state index contributed by atoms with van der Waals surface area (Å²) in [7, 11) is 0.